The number of imidazole rings is 1. The third-order valence-electron chi connectivity index (χ3n) is 4.03. The van der Waals surface area contributed by atoms with E-state index in [0.29, 0.717) is 11.2 Å². The van der Waals surface area contributed by atoms with Crippen LogP contribution in [0.2, 0.25) is 0 Å². The molecule has 0 aliphatic rings. The van der Waals surface area contributed by atoms with E-state index in [1.807, 2.05) is 63.2 Å². The molecule has 2 amide bonds. The monoisotopic (exact) mass is 365 g/mol. The molecule has 2 heterocycles. The van der Waals surface area contributed by atoms with Crippen LogP contribution in [0.1, 0.15) is 35.0 Å². The van der Waals surface area contributed by atoms with Crippen LogP contribution in [0.5, 0.6) is 0 Å². The predicted molar refractivity (Wildman–Crippen MR) is 107 cm³/mol. The Morgan fingerprint density at radius 2 is 1.74 bits per heavy atom. The molecule has 0 spiro atoms. The molecule has 0 saturated heterocycles. The number of carbonyl (C=O) groups excluding carboxylic acids is 2. The Bertz CT molecular complexity index is 974. The number of benzene rings is 1. The van der Waals surface area contributed by atoms with Crippen LogP contribution in [0.25, 0.3) is 5.52 Å². The maximum atomic E-state index is 12.8. The Hall–Kier alpha value is -3.35. The summed E-state index contributed by atoms with van der Waals surface area (Å²) in [5.41, 5.74) is 2.49. The highest BCUT2D eigenvalue weighted by Gasteiger charge is 2.21. The molecular weight excluding hydrogens is 342 g/mol. The Labute approximate surface area is 158 Å². The van der Waals surface area contributed by atoms with Crippen molar-refractivity contribution in [2.24, 2.45) is 0 Å². The molecule has 2 N–H and O–H groups in total. The van der Waals surface area contributed by atoms with Crippen molar-refractivity contribution in [2.75, 3.05) is 24.3 Å². The van der Waals surface area contributed by atoms with E-state index < -0.39 is 0 Å². The smallest absolute Gasteiger partial charge is 0.287 e. The standard InChI is InChI=1S/C20H23N5O2/c1-13(2)21-20(27)18-23-17(16-7-5-6-12-25(16)18)19(26)22-14-8-10-15(11-9-14)24(3)4/h5-13H,1-4H3,(H,21,27)(H,22,26). The number of anilines is 2. The first-order valence-electron chi connectivity index (χ1n) is 8.73. The van der Waals surface area contributed by atoms with Crippen LogP contribution in [0.3, 0.4) is 0 Å². The van der Waals surface area contributed by atoms with Gasteiger partial charge in [-0.05, 0) is 50.2 Å². The summed E-state index contributed by atoms with van der Waals surface area (Å²) in [7, 11) is 3.91. The van der Waals surface area contributed by atoms with Gasteiger partial charge in [0.25, 0.3) is 11.8 Å². The minimum absolute atomic E-state index is 0.0268. The second-order valence-electron chi connectivity index (χ2n) is 6.76. The van der Waals surface area contributed by atoms with E-state index >= 15 is 0 Å². The number of amides is 2. The normalized spacial score (nSPS) is 10.9. The Balaban J connectivity index is 1.91. The summed E-state index contributed by atoms with van der Waals surface area (Å²) in [4.78, 5) is 31.5. The van der Waals surface area contributed by atoms with Crippen molar-refractivity contribution < 1.29 is 9.59 Å². The van der Waals surface area contributed by atoms with E-state index in [-0.39, 0.29) is 29.4 Å². The van der Waals surface area contributed by atoms with Gasteiger partial charge in [-0.25, -0.2) is 4.98 Å². The second kappa shape index (κ2) is 7.49. The summed E-state index contributed by atoms with van der Waals surface area (Å²) in [6, 6.07) is 12.8. The molecule has 1 aromatic carbocycles. The minimum atomic E-state index is -0.361. The predicted octanol–water partition coefficient (Wildman–Crippen LogP) is 2.79. The average molecular weight is 365 g/mol. The number of rotatable bonds is 5. The van der Waals surface area contributed by atoms with Crippen LogP contribution >= 0.6 is 0 Å². The fourth-order valence-electron chi connectivity index (χ4n) is 2.73. The van der Waals surface area contributed by atoms with Crippen molar-refractivity contribution in [1.82, 2.24) is 14.7 Å². The third kappa shape index (κ3) is 3.92. The number of nitrogens with zero attached hydrogens (tertiary/aromatic N) is 3. The van der Waals surface area contributed by atoms with Crippen molar-refractivity contribution in [3.63, 3.8) is 0 Å². The molecule has 27 heavy (non-hydrogen) atoms. The lowest BCUT2D eigenvalue weighted by atomic mass is 10.2. The molecule has 0 aliphatic heterocycles. The molecule has 140 valence electrons. The van der Waals surface area contributed by atoms with Crippen LogP contribution in [-0.2, 0) is 0 Å². The molecule has 0 saturated carbocycles. The maximum absolute atomic E-state index is 12.8. The lowest BCUT2D eigenvalue weighted by molar-refractivity contribution is 0.0932. The molecule has 2 aromatic heterocycles. The zero-order valence-electron chi connectivity index (χ0n) is 15.9. The lowest BCUT2D eigenvalue weighted by Gasteiger charge is -2.12. The van der Waals surface area contributed by atoms with E-state index in [1.165, 1.54) is 0 Å². The highest BCUT2D eigenvalue weighted by atomic mass is 16.2. The number of aromatic nitrogens is 2. The molecule has 7 nitrogen and oxygen atoms in total. The quantitative estimate of drug-likeness (QED) is 0.729. The van der Waals surface area contributed by atoms with Gasteiger partial charge in [0.05, 0.1) is 5.52 Å². The molecule has 0 aliphatic carbocycles. The minimum Gasteiger partial charge on any atom is -0.378 e. The summed E-state index contributed by atoms with van der Waals surface area (Å²) in [5, 5.41) is 5.66. The fourth-order valence-corrected chi connectivity index (χ4v) is 2.73. The lowest BCUT2D eigenvalue weighted by Crippen LogP contribution is -2.31. The molecule has 0 fully saturated rings. The summed E-state index contributed by atoms with van der Waals surface area (Å²) >= 11 is 0. The van der Waals surface area contributed by atoms with Gasteiger partial charge in [-0.15, -0.1) is 0 Å². The fraction of sp³-hybridized carbons (Fsp3) is 0.250. The molecule has 0 atom stereocenters. The zero-order valence-corrected chi connectivity index (χ0v) is 15.9. The topological polar surface area (TPSA) is 78.7 Å². The molecule has 0 unspecified atom stereocenters. The van der Waals surface area contributed by atoms with Gasteiger partial charge in [0, 0.05) is 37.7 Å². The molecule has 0 radical (unpaired) electrons. The molecule has 0 bridgehead atoms. The number of hydrogen-bond donors (Lipinski definition) is 2. The Morgan fingerprint density at radius 1 is 1.04 bits per heavy atom. The second-order valence-corrected chi connectivity index (χ2v) is 6.76. The van der Waals surface area contributed by atoms with E-state index in [1.54, 1.807) is 22.7 Å². The number of pyridine rings is 1. The van der Waals surface area contributed by atoms with Gasteiger partial charge < -0.3 is 15.5 Å². The molecule has 7 heteroatoms. The van der Waals surface area contributed by atoms with Gasteiger partial charge in [-0.1, -0.05) is 6.07 Å². The Kier molecular flexibility index (Phi) is 5.12. The van der Waals surface area contributed by atoms with Crippen molar-refractivity contribution in [2.45, 2.75) is 19.9 Å². The Morgan fingerprint density at radius 3 is 2.37 bits per heavy atom. The van der Waals surface area contributed by atoms with Crippen molar-refractivity contribution in [3.05, 3.63) is 60.2 Å². The van der Waals surface area contributed by atoms with Crippen LogP contribution in [0.4, 0.5) is 11.4 Å². The maximum Gasteiger partial charge on any atom is 0.287 e. The third-order valence-corrected chi connectivity index (χ3v) is 4.03. The van der Waals surface area contributed by atoms with E-state index in [4.69, 9.17) is 0 Å². The van der Waals surface area contributed by atoms with E-state index in [0.717, 1.165) is 5.69 Å². The van der Waals surface area contributed by atoms with E-state index in [2.05, 4.69) is 15.6 Å². The molecular formula is C20H23N5O2. The summed E-state index contributed by atoms with van der Waals surface area (Å²) in [6.07, 6.45) is 1.72. The van der Waals surface area contributed by atoms with Crippen LogP contribution in [0, 0.1) is 0 Å². The summed E-state index contributed by atoms with van der Waals surface area (Å²) in [6.45, 7) is 3.75. The number of fused-ring (bicyclic) bond motifs is 1. The van der Waals surface area contributed by atoms with Crippen molar-refractivity contribution in [3.8, 4) is 0 Å². The van der Waals surface area contributed by atoms with Gasteiger partial charge in [0.2, 0.25) is 5.82 Å². The zero-order chi connectivity index (χ0) is 19.6. The summed E-state index contributed by atoms with van der Waals surface area (Å²) < 4.78 is 1.63. The van der Waals surface area contributed by atoms with Crippen LogP contribution in [0.15, 0.2) is 48.7 Å². The number of hydrogen-bond acceptors (Lipinski definition) is 4. The van der Waals surface area contributed by atoms with E-state index in [9.17, 15) is 9.59 Å². The largest absolute Gasteiger partial charge is 0.378 e. The molecule has 3 rings (SSSR count). The number of carbonyl (C=O) groups is 2. The van der Waals surface area contributed by atoms with Gasteiger partial charge in [-0.3, -0.25) is 14.0 Å². The van der Waals surface area contributed by atoms with Gasteiger partial charge in [0.1, 0.15) is 0 Å². The SMILES string of the molecule is CC(C)NC(=O)c1nc(C(=O)Nc2ccc(N(C)C)cc2)c2ccccn12. The highest BCUT2D eigenvalue weighted by Crippen LogP contribution is 2.18. The van der Waals surface area contributed by atoms with Gasteiger partial charge >= 0.3 is 0 Å². The molecule has 3 aromatic rings. The van der Waals surface area contributed by atoms with Gasteiger partial charge in [0.15, 0.2) is 5.69 Å². The highest BCUT2D eigenvalue weighted by molar-refractivity contribution is 6.09. The van der Waals surface area contributed by atoms with Crippen molar-refractivity contribution in [1.29, 1.82) is 0 Å². The van der Waals surface area contributed by atoms with Crippen LogP contribution in [-0.4, -0.2) is 41.3 Å². The van der Waals surface area contributed by atoms with Gasteiger partial charge in [-0.2, -0.15) is 0 Å². The average Bonchev–Trinajstić information content (AvgIpc) is 3.01. The number of nitrogens with one attached hydrogen (secondary N) is 2. The first-order valence-corrected chi connectivity index (χ1v) is 8.73. The van der Waals surface area contributed by atoms with Crippen molar-refractivity contribution >= 4 is 28.7 Å². The van der Waals surface area contributed by atoms with Crippen LogP contribution < -0.4 is 15.5 Å². The first kappa shape index (κ1) is 18.4. The first-order chi connectivity index (χ1) is 12.9. The summed E-state index contributed by atoms with van der Waals surface area (Å²) in [5.74, 6) is -0.493.